The van der Waals surface area contributed by atoms with Gasteiger partial charge in [0.15, 0.2) is 5.16 Å². The molecule has 3 rings (SSSR count). The van der Waals surface area contributed by atoms with E-state index >= 15 is 0 Å². The van der Waals surface area contributed by atoms with Crippen LogP contribution in [0.15, 0.2) is 5.16 Å². The van der Waals surface area contributed by atoms with Crippen LogP contribution in [0.4, 0.5) is 5.82 Å². The van der Waals surface area contributed by atoms with Gasteiger partial charge in [-0.2, -0.15) is 0 Å². The molecule has 0 fully saturated rings. The first-order chi connectivity index (χ1) is 11.1. The quantitative estimate of drug-likeness (QED) is 0.612. The first-order valence-electron chi connectivity index (χ1n) is 8.04. The van der Waals surface area contributed by atoms with Crippen LogP contribution < -0.4 is 5.32 Å². The fourth-order valence-corrected chi connectivity index (χ4v) is 4.51. The van der Waals surface area contributed by atoms with Crippen molar-refractivity contribution in [1.82, 2.24) is 9.97 Å². The maximum Gasteiger partial charge on any atom is 0.190 e. The number of thioether (sulfide) groups is 1. The Kier molecular flexibility index (Phi) is 5.10. The molecule has 0 aromatic carbocycles. The zero-order valence-corrected chi connectivity index (χ0v) is 15.4. The summed E-state index contributed by atoms with van der Waals surface area (Å²) in [6, 6.07) is 0. The van der Waals surface area contributed by atoms with Crippen LogP contribution in [0.3, 0.4) is 0 Å². The minimum atomic E-state index is -0.119. The second-order valence-corrected chi connectivity index (χ2v) is 8.21. The summed E-state index contributed by atoms with van der Waals surface area (Å²) < 4.78 is 6.07. The zero-order chi connectivity index (χ0) is 16.4. The van der Waals surface area contributed by atoms with E-state index in [1.54, 1.807) is 23.1 Å². The molecule has 0 spiro atoms. The van der Waals surface area contributed by atoms with Crippen molar-refractivity contribution in [3.8, 4) is 0 Å². The predicted octanol–water partition coefficient (Wildman–Crippen LogP) is 3.45. The lowest BCUT2D eigenvalue weighted by Crippen LogP contribution is -2.34. The largest absolute Gasteiger partial charge is 0.395 e. The summed E-state index contributed by atoms with van der Waals surface area (Å²) in [5.74, 6) is 1.78. The number of rotatable bonds is 6. The van der Waals surface area contributed by atoms with E-state index < -0.39 is 0 Å². The van der Waals surface area contributed by atoms with Crippen LogP contribution in [-0.4, -0.2) is 39.6 Å². The Morgan fingerprint density at radius 2 is 2.22 bits per heavy atom. The highest BCUT2D eigenvalue weighted by Crippen LogP contribution is 2.42. The highest BCUT2D eigenvalue weighted by Gasteiger charge is 2.33. The number of hydrogen-bond donors (Lipinski definition) is 2. The van der Waals surface area contributed by atoms with Gasteiger partial charge in [-0.3, -0.25) is 0 Å². The van der Waals surface area contributed by atoms with Crippen molar-refractivity contribution in [1.29, 1.82) is 0 Å². The number of aliphatic hydroxyl groups is 1. The van der Waals surface area contributed by atoms with Gasteiger partial charge in [0.25, 0.3) is 0 Å². The van der Waals surface area contributed by atoms with E-state index in [1.807, 2.05) is 0 Å². The van der Waals surface area contributed by atoms with Gasteiger partial charge in [-0.05, 0) is 24.7 Å². The fourth-order valence-electron chi connectivity index (χ4n) is 2.78. The van der Waals surface area contributed by atoms with E-state index in [0.717, 1.165) is 39.8 Å². The molecule has 7 heteroatoms. The molecule has 126 valence electrons. The third kappa shape index (κ3) is 3.33. The minimum Gasteiger partial charge on any atom is -0.395 e. The van der Waals surface area contributed by atoms with Crippen LogP contribution in [0.5, 0.6) is 0 Å². The van der Waals surface area contributed by atoms with E-state index in [4.69, 9.17) is 14.8 Å². The van der Waals surface area contributed by atoms with Crippen LogP contribution in [0, 0.1) is 0 Å². The lowest BCUT2D eigenvalue weighted by atomic mass is 9.90. The molecule has 1 atom stereocenters. The lowest BCUT2D eigenvalue weighted by molar-refractivity contribution is -0.0542. The standard InChI is InChI=1S/C16H23N3O2S2/c1-4-16(3)8-10-11(9-21-16)23-14-12(10)13(17-6-7-20)18-15(19-14)22-5-2/h20H,4-9H2,1-3H3,(H,17,18,19)/t16-/m1/s1. The van der Waals surface area contributed by atoms with Crippen LogP contribution in [0.25, 0.3) is 10.2 Å². The molecule has 0 saturated carbocycles. The Morgan fingerprint density at radius 3 is 2.91 bits per heavy atom. The predicted molar refractivity (Wildman–Crippen MR) is 96.6 cm³/mol. The van der Waals surface area contributed by atoms with E-state index in [1.165, 1.54) is 10.4 Å². The van der Waals surface area contributed by atoms with Gasteiger partial charge >= 0.3 is 0 Å². The average Bonchev–Trinajstić information content (AvgIpc) is 2.90. The molecule has 3 heterocycles. The van der Waals surface area contributed by atoms with Gasteiger partial charge in [-0.1, -0.05) is 25.6 Å². The molecule has 0 amide bonds. The van der Waals surface area contributed by atoms with Crippen LogP contribution in [0.1, 0.15) is 37.6 Å². The molecule has 23 heavy (non-hydrogen) atoms. The number of fused-ring (bicyclic) bond motifs is 3. The van der Waals surface area contributed by atoms with Crippen molar-refractivity contribution in [2.75, 3.05) is 24.2 Å². The number of nitrogens with one attached hydrogen (secondary N) is 1. The SMILES string of the molecule is CCSc1nc(NCCO)c2c3c(sc2n1)CO[C@](C)(CC)C3. The average molecular weight is 354 g/mol. The molecule has 1 aliphatic heterocycles. The molecule has 0 aliphatic carbocycles. The third-order valence-corrected chi connectivity index (χ3v) is 6.07. The van der Waals surface area contributed by atoms with Crippen molar-refractivity contribution in [2.24, 2.45) is 0 Å². The van der Waals surface area contributed by atoms with Crippen molar-refractivity contribution in [3.63, 3.8) is 0 Å². The summed E-state index contributed by atoms with van der Waals surface area (Å²) in [6.07, 6.45) is 1.87. The Bertz CT molecular complexity index is 704. The number of anilines is 1. The molecule has 0 unspecified atom stereocenters. The summed E-state index contributed by atoms with van der Waals surface area (Å²) in [7, 11) is 0. The Labute approximate surface area is 144 Å². The van der Waals surface area contributed by atoms with E-state index in [9.17, 15) is 0 Å². The minimum absolute atomic E-state index is 0.0872. The Hall–Kier alpha value is -0.890. The summed E-state index contributed by atoms with van der Waals surface area (Å²) in [6.45, 7) is 7.66. The smallest absolute Gasteiger partial charge is 0.190 e. The van der Waals surface area contributed by atoms with Crippen molar-refractivity contribution < 1.29 is 9.84 Å². The van der Waals surface area contributed by atoms with Gasteiger partial charge < -0.3 is 15.2 Å². The zero-order valence-electron chi connectivity index (χ0n) is 13.8. The number of ether oxygens (including phenoxy) is 1. The monoisotopic (exact) mass is 353 g/mol. The molecule has 2 aromatic rings. The Morgan fingerprint density at radius 1 is 1.39 bits per heavy atom. The number of thiophene rings is 1. The summed E-state index contributed by atoms with van der Waals surface area (Å²) in [5.41, 5.74) is 1.20. The summed E-state index contributed by atoms with van der Waals surface area (Å²) >= 11 is 3.35. The molecule has 0 bridgehead atoms. The second kappa shape index (κ2) is 6.93. The number of aromatic nitrogens is 2. The molecular weight excluding hydrogens is 330 g/mol. The van der Waals surface area contributed by atoms with Gasteiger partial charge in [0.05, 0.1) is 24.2 Å². The van der Waals surface area contributed by atoms with Crippen molar-refractivity contribution in [2.45, 2.75) is 51.0 Å². The number of hydrogen-bond acceptors (Lipinski definition) is 7. The van der Waals surface area contributed by atoms with Crippen LogP contribution >= 0.6 is 23.1 Å². The number of aliphatic hydroxyl groups excluding tert-OH is 1. The molecule has 0 radical (unpaired) electrons. The molecule has 5 nitrogen and oxygen atoms in total. The fraction of sp³-hybridized carbons (Fsp3) is 0.625. The van der Waals surface area contributed by atoms with E-state index in [-0.39, 0.29) is 12.2 Å². The van der Waals surface area contributed by atoms with Crippen LogP contribution in [-0.2, 0) is 17.8 Å². The first kappa shape index (κ1) is 17.0. The maximum absolute atomic E-state index is 9.15. The van der Waals surface area contributed by atoms with Gasteiger partial charge in [-0.15, -0.1) is 11.3 Å². The molecule has 1 aliphatic rings. The van der Waals surface area contributed by atoms with Gasteiger partial charge in [-0.25, -0.2) is 9.97 Å². The second-order valence-electron chi connectivity index (χ2n) is 5.89. The van der Waals surface area contributed by atoms with E-state index in [2.05, 4.69) is 31.1 Å². The molecule has 2 N–H and O–H groups in total. The maximum atomic E-state index is 9.15. The Balaban J connectivity index is 2.11. The number of nitrogens with zero attached hydrogens (tertiary/aromatic N) is 2. The van der Waals surface area contributed by atoms with Crippen molar-refractivity contribution >= 4 is 39.1 Å². The highest BCUT2D eigenvalue weighted by atomic mass is 32.2. The molecule has 0 saturated heterocycles. The van der Waals surface area contributed by atoms with Gasteiger partial charge in [0.1, 0.15) is 10.6 Å². The lowest BCUT2D eigenvalue weighted by Gasteiger charge is -2.33. The molecular formula is C16H23N3O2S2. The van der Waals surface area contributed by atoms with Crippen molar-refractivity contribution in [3.05, 3.63) is 10.4 Å². The summed E-state index contributed by atoms with van der Waals surface area (Å²) in [4.78, 5) is 11.7. The topological polar surface area (TPSA) is 67.3 Å². The van der Waals surface area contributed by atoms with Gasteiger partial charge in [0, 0.05) is 17.8 Å². The molecule has 2 aromatic heterocycles. The normalized spacial score (nSPS) is 20.7. The summed E-state index contributed by atoms with van der Waals surface area (Å²) in [5, 5.41) is 14.3. The van der Waals surface area contributed by atoms with E-state index in [0.29, 0.717) is 13.2 Å². The first-order valence-corrected chi connectivity index (χ1v) is 9.84. The van der Waals surface area contributed by atoms with Gasteiger partial charge in [0.2, 0.25) is 0 Å². The van der Waals surface area contributed by atoms with Crippen LogP contribution in [0.2, 0.25) is 0 Å². The highest BCUT2D eigenvalue weighted by molar-refractivity contribution is 7.99. The third-order valence-electron chi connectivity index (χ3n) is 4.24.